The molecular weight excluding hydrogens is 210 g/mol. The van der Waals surface area contributed by atoms with E-state index in [1.165, 1.54) is 0 Å². The van der Waals surface area contributed by atoms with Crippen molar-refractivity contribution in [3.8, 4) is 0 Å². The molecule has 5 heteroatoms. The molecule has 0 saturated carbocycles. The Hall–Kier alpha value is -0.200. The van der Waals surface area contributed by atoms with Gasteiger partial charge in [0.05, 0.1) is 32.0 Å². The molecule has 1 rings (SSSR count). The number of aliphatic hydroxyl groups is 2. The minimum absolute atomic E-state index is 0.0900. The predicted molar refractivity (Wildman–Crippen MR) is 60.4 cm³/mol. The number of likely N-dealkylation sites (tertiary alicyclic amines) is 1. The summed E-state index contributed by atoms with van der Waals surface area (Å²) in [6.07, 6.45) is 1.81. The van der Waals surface area contributed by atoms with Crippen molar-refractivity contribution in [1.29, 1.82) is 0 Å². The van der Waals surface area contributed by atoms with E-state index in [9.17, 15) is 5.11 Å². The largest absolute Gasteiger partial charge is 0.394 e. The Morgan fingerprint density at radius 1 is 1.38 bits per heavy atom. The van der Waals surface area contributed by atoms with Gasteiger partial charge >= 0.3 is 0 Å². The van der Waals surface area contributed by atoms with Crippen LogP contribution in [0.5, 0.6) is 0 Å². The molecule has 0 amide bonds. The SMILES string of the molecule is COCC(O)CN1CCC(OCCO)CC1. The van der Waals surface area contributed by atoms with Crippen LogP contribution in [0.25, 0.3) is 0 Å². The molecule has 0 bridgehead atoms. The number of hydrogen-bond donors (Lipinski definition) is 2. The van der Waals surface area contributed by atoms with Crippen molar-refractivity contribution in [2.75, 3.05) is 46.6 Å². The molecule has 0 spiro atoms. The fraction of sp³-hybridized carbons (Fsp3) is 1.00. The molecule has 1 fully saturated rings. The third-order valence-corrected chi connectivity index (χ3v) is 2.81. The van der Waals surface area contributed by atoms with Gasteiger partial charge in [0.1, 0.15) is 0 Å². The van der Waals surface area contributed by atoms with E-state index in [-0.39, 0.29) is 12.7 Å². The fourth-order valence-electron chi connectivity index (χ4n) is 2.02. The van der Waals surface area contributed by atoms with Gasteiger partial charge in [0, 0.05) is 26.7 Å². The average molecular weight is 233 g/mol. The van der Waals surface area contributed by atoms with Gasteiger partial charge in [-0.1, -0.05) is 0 Å². The highest BCUT2D eigenvalue weighted by Gasteiger charge is 2.21. The first-order chi connectivity index (χ1) is 7.76. The number of nitrogens with zero attached hydrogens (tertiary/aromatic N) is 1. The van der Waals surface area contributed by atoms with Crippen LogP contribution in [0.2, 0.25) is 0 Å². The summed E-state index contributed by atoms with van der Waals surface area (Å²) >= 11 is 0. The van der Waals surface area contributed by atoms with Gasteiger partial charge in [0.2, 0.25) is 0 Å². The fourth-order valence-corrected chi connectivity index (χ4v) is 2.02. The molecule has 0 radical (unpaired) electrons. The number of piperidine rings is 1. The normalized spacial score (nSPS) is 21.2. The van der Waals surface area contributed by atoms with Gasteiger partial charge in [-0.05, 0) is 12.8 Å². The number of hydrogen-bond acceptors (Lipinski definition) is 5. The highest BCUT2D eigenvalue weighted by atomic mass is 16.5. The summed E-state index contributed by atoms with van der Waals surface area (Å²) in [6, 6.07) is 0. The van der Waals surface area contributed by atoms with Crippen LogP contribution in [0.3, 0.4) is 0 Å². The Kier molecular flexibility index (Phi) is 6.91. The molecule has 2 N–H and O–H groups in total. The van der Waals surface area contributed by atoms with Crippen LogP contribution in [0.4, 0.5) is 0 Å². The molecule has 1 aliphatic heterocycles. The lowest BCUT2D eigenvalue weighted by Crippen LogP contribution is -2.42. The second kappa shape index (κ2) is 7.97. The Morgan fingerprint density at radius 3 is 2.62 bits per heavy atom. The van der Waals surface area contributed by atoms with Crippen molar-refractivity contribution in [3.05, 3.63) is 0 Å². The van der Waals surface area contributed by atoms with Crippen molar-refractivity contribution in [2.45, 2.75) is 25.0 Å². The molecule has 0 aliphatic carbocycles. The van der Waals surface area contributed by atoms with Crippen LogP contribution in [0.1, 0.15) is 12.8 Å². The quantitative estimate of drug-likeness (QED) is 0.619. The summed E-state index contributed by atoms with van der Waals surface area (Å²) in [4.78, 5) is 2.22. The standard InChI is InChI=1S/C11H23NO4/c1-15-9-10(14)8-12-4-2-11(3-5-12)16-7-6-13/h10-11,13-14H,2-9H2,1H3. The van der Waals surface area contributed by atoms with Crippen LogP contribution in [0.15, 0.2) is 0 Å². The molecule has 1 heterocycles. The third kappa shape index (κ3) is 5.23. The Balaban J connectivity index is 2.11. The Morgan fingerprint density at radius 2 is 2.06 bits per heavy atom. The van der Waals surface area contributed by atoms with Crippen molar-refractivity contribution >= 4 is 0 Å². The molecule has 0 aromatic heterocycles. The van der Waals surface area contributed by atoms with E-state index in [0.717, 1.165) is 25.9 Å². The first-order valence-electron chi connectivity index (χ1n) is 5.88. The van der Waals surface area contributed by atoms with Crippen LogP contribution < -0.4 is 0 Å². The van der Waals surface area contributed by atoms with Crippen molar-refractivity contribution in [1.82, 2.24) is 4.90 Å². The Bertz CT molecular complexity index is 171. The second-order valence-electron chi connectivity index (χ2n) is 4.20. The summed E-state index contributed by atoms with van der Waals surface area (Å²) in [7, 11) is 1.60. The smallest absolute Gasteiger partial charge is 0.0900 e. The summed E-state index contributed by atoms with van der Waals surface area (Å²) in [5, 5.41) is 18.2. The second-order valence-corrected chi connectivity index (χ2v) is 4.20. The lowest BCUT2D eigenvalue weighted by atomic mass is 10.1. The number of methoxy groups -OCH3 is 1. The number of aliphatic hydroxyl groups excluding tert-OH is 2. The van der Waals surface area contributed by atoms with Crippen molar-refractivity contribution < 1.29 is 19.7 Å². The van der Waals surface area contributed by atoms with E-state index >= 15 is 0 Å². The topological polar surface area (TPSA) is 62.2 Å². The highest BCUT2D eigenvalue weighted by Crippen LogP contribution is 2.13. The molecule has 5 nitrogen and oxygen atoms in total. The van der Waals surface area contributed by atoms with Gasteiger partial charge in [0.15, 0.2) is 0 Å². The van der Waals surface area contributed by atoms with Gasteiger partial charge in [-0.3, -0.25) is 0 Å². The predicted octanol–water partition coefficient (Wildman–Crippen LogP) is -0.533. The molecule has 16 heavy (non-hydrogen) atoms. The first kappa shape index (κ1) is 13.9. The minimum atomic E-state index is -0.403. The van der Waals surface area contributed by atoms with Crippen LogP contribution in [-0.2, 0) is 9.47 Å². The summed E-state index contributed by atoms with van der Waals surface area (Å²) in [5.41, 5.74) is 0. The highest BCUT2D eigenvalue weighted by molar-refractivity contribution is 4.74. The van der Waals surface area contributed by atoms with Gasteiger partial charge in [-0.15, -0.1) is 0 Å². The molecule has 0 aromatic rings. The zero-order chi connectivity index (χ0) is 11.8. The van der Waals surface area contributed by atoms with Crippen LogP contribution in [0, 0.1) is 0 Å². The maximum atomic E-state index is 9.58. The molecule has 0 aromatic carbocycles. The molecule has 1 atom stereocenters. The van der Waals surface area contributed by atoms with Crippen LogP contribution in [-0.4, -0.2) is 73.9 Å². The zero-order valence-corrected chi connectivity index (χ0v) is 9.97. The summed E-state index contributed by atoms with van der Waals surface area (Å²) in [5.74, 6) is 0. The van der Waals surface area contributed by atoms with E-state index in [0.29, 0.717) is 19.8 Å². The van der Waals surface area contributed by atoms with Gasteiger partial charge in [-0.25, -0.2) is 0 Å². The molecule has 96 valence electrons. The molecule has 1 aliphatic rings. The average Bonchev–Trinajstić information content (AvgIpc) is 2.28. The monoisotopic (exact) mass is 233 g/mol. The molecule has 1 unspecified atom stereocenters. The van der Waals surface area contributed by atoms with Gasteiger partial charge in [0.25, 0.3) is 0 Å². The van der Waals surface area contributed by atoms with E-state index in [1.807, 2.05) is 0 Å². The van der Waals surface area contributed by atoms with Crippen molar-refractivity contribution in [3.63, 3.8) is 0 Å². The number of β-amino-alcohol motifs (C(OH)–C–C–N with tert-alkyl or cyclic N) is 1. The zero-order valence-electron chi connectivity index (χ0n) is 9.97. The van der Waals surface area contributed by atoms with Gasteiger partial charge < -0.3 is 24.6 Å². The third-order valence-electron chi connectivity index (χ3n) is 2.81. The van der Waals surface area contributed by atoms with E-state index in [4.69, 9.17) is 14.6 Å². The maximum Gasteiger partial charge on any atom is 0.0900 e. The minimum Gasteiger partial charge on any atom is -0.394 e. The lowest BCUT2D eigenvalue weighted by molar-refractivity contribution is -0.0214. The number of ether oxygens (including phenoxy) is 2. The van der Waals surface area contributed by atoms with E-state index < -0.39 is 6.10 Å². The lowest BCUT2D eigenvalue weighted by Gasteiger charge is -2.32. The summed E-state index contributed by atoms with van der Waals surface area (Å²) < 4.78 is 10.4. The molecular formula is C11H23NO4. The van der Waals surface area contributed by atoms with Gasteiger partial charge in [-0.2, -0.15) is 0 Å². The van der Waals surface area contributed by atoms with E-state index in [1.54, 1.807) is 7.11 Å². The molecule has 1 saturated heterocycles. The van der Waals surface area contributed by atoms with Crippen LogP contribution >= 0.6 is 0 Å². The van der Waals surface area contributed by atoms with E-state index in [2.05, 4.69) is 4.90 Å². The summed E-state index contributed by atoms with van der Waals surface area (Å²) in [6.45, 7) is 3.46. The number of rotatable bonds is 7. The maximum absolute atomic E-state index is 9.58. The Labute approximate surface area is 97.0 Å². The van der Waals surface area contributed by atoms with Crippen molar-refractivity contribution in [2.24, 2.45) is 0 Å². The first-order valence-corrected chi connectivity index (χ1v) is 5.88.